The zero-order valence-electron chi connectivity index (χ0n) is 14.7. The van der Waals surface area contributed by atoms with Crippen molar-refractivity contribution in [1.29, 1.82) is 0 Å². The van der Waals surface area contributed by atoms with Gasteiger partial charge in [-0.05, 0) is 32.3 Å². The first-order valence-corrected chi connectivity index (χ1v) is 7.80. The van der Waals surface area contributed by atoms with Crippen LogP contribution in [0.15, 0.2) is 40.8 Å². The molecular formula is C18H22FN3O3. The molecule has 0 spiro atoms. The van der Waals surface area contributed by atoms with Gasteiger partial charge in [0.1, 0.15) is 17.6 Å². The van der Waals surface area contributed by atoms with Gasteiger partial charge in [0.05, 0.1) is 6.54 Å². The zero-order chi connectivity index (χ0) is 18.6. The van der Waals surface area contributed by atoms with Crippen LogP contribution in [0.4, 0.5) is 4.39 Å². The molecule has 0 aliphatic rings. The van der Waals surface area contributed by atoms with Crippen molar-refractivity contribution in [3.63, 3.8) is 0 Å². The molecule has 25 heavy (non-hydrogen) atoms. The molecule has 0 bridgehead atoms. The van der Waals surface area contributed by atoms with Gasteiger partial charge in [-0.1, -0.05) is 18.2 Å². The summed E-state index contributed by atoms with van der Waals surface area (Å²) >= 11 is 0. The van der Waals surface area contributed by atoms with E-state index in [2.05, 4.69) is 5.32 Å². The van der Waals surface area contributed by atoms with Crippen LogP contribution >= 0.6 is 0 Å². The number of benzene rings is 1. The van der Waals surface area contributed by atoms with Crippen molar-refractivity contribution in [2.24, 2.45) is 0 Å². The van der Waals surface area contributed by atoms with E-state index >= 15 is 0 Å². The van der Waals surface area contributed by atoms with Gasteiger partial charge in [-0.25, -0.2) is 4.39 Å². The number of halogens is 1. The van der Waals surface area contributed by atoms with Crippen LogP contribution in [-0.4, -0.2) is 49.8 Å². The van der Waals surface area contributed by atoms with E-state index in [-0.39, 0.29) is 24.1 Å². The first-order valence-electron chi connectivity index (χ1n) is 7.80. The number of hydrogen-bond acceptors (Lipinski definition) is 4. The summed E-state index contributed by atoms with van der Waals surface area (Å²) < 4.78 is 19.5. The topological polar surface area (TPSA) is 65.8 Å². The van der Waals surface area contributed by atoms with Crippen LogP contribution in [-0.2, 0) is 11.3 Å². The van der Waals surface area contributed by atoms with Crippen LogP contribution < -0.4 is 5.32 Å². The van der Waals surface area contributed by atoms with Crippen molar-refractivity contribution in [2.75, 3.05) is 28.2 Å². The minimum Gasteiger partial charge on any atom is -0.454 e. The number of hydrogen-bond donors (Lipinski definition) is 1. The molecule has 1 aromatic carbocycles. The highest BCUT2D eigenvalue weighted by molar-refractivity contribution is 5.91. The predicted octanol–water partition coefficient (Wildman–Crippen LogP) is 2.04. The monoisotopic (exact) mass is 347 g/mol. The van der Waals surface area contributed by atoms with E-state index in [0.29, 0.717) is 11.3 Å². The van der Waals surface area contributed by atoms with E-state index in [9.17, 15) is 14.0 Å². The molecule has 6 nitrogen and oxygen atoms in total. The van der Waals surface area contributed by atoms with Crippen molar-refractivity contribution in [3.05, 3.63) is 59.3 Å². The molecule has 7 heteroatoms. The number of carbonyl (C=O) groups is 2. The van der Waals surface area contributed by atoms with E-state index in [1.54, 1.807) is 63.4 Å². The Morgan fingerprint density at radius 3 is 2.40 bits per heavy atom. The molecule has 0 fully saturated rings. The van der Waals surface area contributed by atoms with E-state index in [1.807, 2.05) is 0 Å². The Morgan fingerprint density at radius 1 is 1.12 bits per heavy atom. The Kier molecular flexibility index (Phi) is 5.93. The van der Waals surface area contributed by atoms with Crippen molar-refractivity contribution in [3.8, 4) is 0 Å². The molecular weight excluding hydrogens is 325 g/mol. The highest BCUT2D eigenvalue weighted by Gasteiger charge is 2.25. The first-order chi connectivity index (χ1) is 11.8. The molecule has 1 unspecified atom stereocenters. The lowest BCUT2D eigenvalue weighted by Gasteiger charge is -2.24. The minimum atomic E-state index is -0.765. The molecule has 134 valence electrons. The summed E-state index contributed by atoms with van der Waals surface area (Å²) in [6.45, 7) is 0.109. The quantitative estimate of drug-likeness (QED) is 0.868. The number of rotatable bonds is 6. The van der Waals surface area contributed by atoms with Gasteiger partial charge in [0, 0.05) is 19.7 Å². The average Bonchev–Trinajstić information content (AvgIpc) is 3.02. The Balaban J connectivity index is 2.08. The van der Waals surface area contributed by atoms with Crippen LogP contribution in [0.2, 0.25) is 0 Å². The molecule has 0 aliphatic carbocycles. The summed E-state index contributed by atoms with van der Waals surface area (Å²) in [4.78, 5) is 27.4. The SMILES string of the molecule is CN(C)C(=O)c1ccc(CNC(=O)C(c2ccccc2F)N(C)C)o1. The van der Waals surface area contributed by atoms with Crippen LogP contribution in [0.3, 0.4) is 0 Å². The lowest BCUT2D eigenvalue weighted by molar-refractivity contribution is -0.126. The third-order valence-electron chi connectivity index (χ3n) is 3.68. The predicted molar refractivity (Wildman–Crippen MR) is 91.4 cm³/mol. The number of nitrogens with zero attached hydrogens (tertiary/aromatic N) is 2. The lowest BCUT2D eigenvalue weighted by atomic mass is 10.0. The fraction of sp³-hybridized carbons (Fsp3) is 0.333. The number of likely N-dealkylation sites (N-methyl/N-ethyl adjacent to an activating group) is 1. The van der Waals surface area contributed by atoms with Crippen molar-refractivity contribution >= 4 is 11.8 Å². The van der Waals surface area contributed by atoms with Crippen molar-refractivity contribution < 1.29 is 18.4 Å². The molecule has 2 amide bonds. The number of furan rings is 1. The third-order valence-corrected chi connectivity index (χ3v) is 3.68. The van der Waals surface area contributed by atoms with Crippen LogP contribution in [0.25, 0.3) is 0 Å². The Hall–Kier alpha value is -2.67. The summed E-state index contributed by atoms with van der Waals surface area (Å²) in [6.07, 6.45) is 0. The highest BCUT2D eigenvalue weighted by atomic mass is 19.1. The Labute approximate surface area is 146 Å². The van der Waals surface area contributed by atoms with E-state index in [0.717, 1.165) is 0 Å². The smallest absolute Gasteiger partial charge is 0.289 e. The molecule has 0 aliphatic heterocycles. The van der Waals surface area contributed by atoms with Gasteiger partial charge in [0.25, 0.3) is 5.91 Å². The molecule has 0 saturated heterocycles. The lowest BCUT2D eigenvalue weighted by Crippen LogP contribution is -2.37. The summed E-state index contributed by atoms with van der Waals surface area (Å²) in [5.74, 6) is -0.396. The molecule has 1 heterocycles. The summed E-state index contributed by atoms with van der Waals surface area (Å²) in [6, 6.07) is 8.60. The minimum absolute atomic E-state index is 0.109. The van der Waals surface area contributed by atoms with Gasteiger partial charge in [0.15, 0.2) is 5.76 Å². The van der Waals surface area contributed by atoms with Crippen molar-refractivity contribution in [1.82, 2.24) is 15.1 Å². The summed E-state index contributed by atoms with van der Waals surface area (Å²) in [5, 5.41) is 2.72. The third kappa shape index (κ3) is 4.45. The maximum absolute atomic E-state index is 14.0. The van der Waals surface area contributed by atoms with E-state index in [1.165, 1.54) is 11.0 Å². The molecule has 2 rings (SSSR count). The number of amides is 2. The average molecular weight is 347 g/mol. The maximum atomic E-state index is 14.0. The number of carbonyl (C=O) groups excluding carboxylic acids is 2. The Bertz CT molecular complexity index is 756. The highest BCUT2D eigenvalue weighted by Crippen LogP contribution is 2.21. The second kappa shape index (κ2) is 7.94. The largest absolute Gasteiger partial charge is 0.454 e. The summed E-state index contributed by atoms with van der Waals surface area (Å²) in [7, 11) is 6.67. The standard InChI is InChI=1S/C18H22FN3O3/c1-21(2)16(13-7-5-6-8-14(13)19)17(23)20-11-12-9-10-15(25-12)18(24)22(3)4/h5-10,16H,11H2,1-4H3,(H,20,23). The van der Waals surface area contributed by atoms with Crippen LogP contribution in [0, 0.1) is 5.82 Å². The van der Waals surface area contributed by atoms with E-state index in [4.69, 9.17) is 4.42 Å². The molecule has 0 radical (unpaired) electrons. The number of nitrogens with one attached hydrogen (secondary N) is 1. The zero-order valence-corrected chi connectivity index (χ0v) is 14.7. The van der Waals surface area contributed by atoms with Gasteiger partial charge >= 0.3 is 0 Å². The van der Waals surface area contributed by atoms with Crippen LogP contribution in [0.1, 0.15) is 27.9 Å². The van der Waals surface area contributed by atoms with Crippen molar-refractivity contribution in [2.45, 2.75) is 12.6 Å². The maximum Gasteiger partial charge on any atom is 0.289 e. The fourth-order valence-electron chi connectivity index (χ4n) is 2.43. The molecule has 1 aromatic heterocycles. The molecule has 0 saturated carbocycles. The second-order valence-corrected chi connectivity index (χ2v) is 6.07. The molecule has 1 atom stereocenters. The fourth-order valence-corrected chi connectivity index (χ4v) is 2.43. The van der Waals surface area contributed by atoms with Gasteiger partial charge in [0.2, 0.25) is 5.91 Å². The van der Waals surface area contributed by atoms with Gasteiger partial charge in [-0.15, -0.1) is 0 Å². The Morgan fingerprint density at radius 2 is 1.80 bits per heavy atom. The first kappa shape index (κ1) is 18.7. The van der Waals surface area contributed by atoms with Gasteiger partial charge in [-0.2, -0.15) is 0 Å². The normalized spacial score (nSPS) is 12.1. The molecule has 1 N–H and O–H groups in total. The van der Waals surface area contributed by atoms with Crippen LogP contribution in [0.5, 0.6) is 0 Å². The molecule has 2 aromatic rings. The van der Waals surface area contributed by atoms with Gasteiger partial charge in [-0.3, -0.25) is 14.5 Å². The second-order valence-electron chi connectivity index (χ2n) is 6.07. The summed E-state index contributed by atoms with van der Waals surface area (Å²) in [5.41, 5.74) is 0.299. The van der Waals surface area contributed by atoms with Gasteiger partial charge < -0.3 is 14.6 Å². The van der Waals surface area contributed by atoms with E-state index < -0.39 is 11.9 Å².